The average Bonchev–Trinajstić information content (AvgIpc) is 2.44. The Kier molecular flexibility index (Phi) is 9.98. The molecule has 0 aromatic heterocycles. The van der Waals surface area contributed by atoms with Gasteiger partial charge < -0.3 is 0 Å². The summed E-state index contributed by atoms with van der Waals surface area (Å²) >= 11 is 4.71. The predicted octanol–water partition coefficient (Wildman–Crippen LogP) is 5.86. The van der Waals surface area contributed by atoms with Gasteiger partial charge in [0.2, 0.25) is 0 Å². The molecule has 1 aromatic rings. The van der Waals surface area contributed by atoms with E-state index in [1.54, 1.807) is 0 Å². The molecule has 0 aliphatic rings. The van der Waals surface area contributed by atoms with Crippen LogP contribution in [-0.4, -0.2) is 5.25 Å². The van der Waals surface area contributed by atoms with E-state index in [0.29, 0.717) is 5.25 Å². The number of hydrogen-bond donors (Lipinski definition) is 1. The van der Waals surface area contributed by atoms with Crippen molar-refractivity contribution < 1.29 is 0 Å². The largest absolute Gasteiger partial charge is 0.176 e. The second-order valence-electron chi connectivity index (χ2n) is 5.51. The molecule has 0 saturated carbocycles. The molecule has 0 aliphatic carbocycles. The highest BCUT2D eigenvalue weighted by Crippen LogP contribution is 2.16. The molecule has 0 spiro atoms. The average molecular weight is 277 g/mol. The summed E-state index contributed by atoms with van der Waals surface area (Å²) in [7, 11) is 0. The van der Waals surface area contributed by atoms with Crippen LogP contribution >= 0.6 is 12.6 Å². The van der Waals surface area contributed by atoms with Crippen LogP contribution in [0.15, 0.2) is 24.3 Å². The van der Waals surface area contributed by atoms with E-state index >= 15 is 0 Å². The maximum Gasteiger partial charge on any atom is 0.00169 e. The fraction of sp³-hybridized carbons (Fsp3) is 0.667. The van der Waals surface area contributed by atoms with Gasteiger partial charge in [0.05, 0.1) is 0 Å². The highest BCUT2D eigenvalue weighted by Gasteiger charge is 2.03. The predicted molar refractivity (Wildman–Crippen MR) is 89.0 cm³/mol. The molecule has 0 fully saturated rings. The molecule has 0 bridgehead atoms. The van der Waals surface area contributed by atoms with Crippen molar-refractivity contribution in [1.82, 2.24) is 0 Å². The monoisotopic (exact) mass is 277 g/mol. The minimum atomic E-state index is 0.599. The van der Waals surface area contributed by atoms with Gasteiger partial charge in [0.25, 0.3) is 0 Å². The first-order chi connectivity index (χ1) is 9.33. The molecule has 19 heavy (non-hydrogen) atoms. The van der Waals surface area contributed by atoms with Crippen LogP contribution in [0.5, 0.6) is 0 Å². The fourth-order valence-electron chi connectivity index (χ4n) is 2.43. The second kappa shape index (κ2) is 11.4. The third-order valence-corrected chi connectivity index (χ3v) is 4.20. The van der Waals surface area contributed by atoms with Gasteiger partial charge in [0.15, 0.2) is 0 Å². The van der Waals surface area contributed by atoms with Gasteiger partial charge in [-0.3, -0.25) is 0 Å². The van der Waals surface area contributed by atoms with E-state index in [9.17, 15) is 0 Å². The van der Waals surface area contributed by atoms with Crippen LogP contribution in [0.3, 0.4) is 0 Å². The molecular formula is C18H29S. The third-order valence-electron chi connectivity index (χ3n) is 3.68. The van der Waals surface area contributed by atoms with Gasteiger partial charge in [-0.1, -0.05) is 69.7 Å². The number of hydrogen-bond acceptors (Lipinski definition) is 1. The zero-order valence-electron chi connectivity index (χ0n) is 12.4. The van der Waals surface area contributed by atoms with Crippen molar-refractivity contribution in [3.63, 3.8) is 0 Å². The Morgan fingerprint density at radius 2 is 1.58 bits per heavy atom. The molecule has 0 nitrogen and oxygen atoms in total. The molecule has 1 atom stereocenters. The Bertz CT molecular complexity index is 294. The van der Waals surface area contributed by atoms with Crippen LogP contribution in [0, 0.1) is 6.07 Å². The summed E-state index contributed by atoms with van der Waals surface area (Å²) in [5, 5.41) is 0.599. The highest BCUT2D eigenvalue weighted by atomic mass is 32.1. The summed E-state index contributed by atoms with van der Waals surface area (Å²) in [5.74, 6) is 0. The topological polar surface area (TPSA) is 0 Å². The Morgan fingerprint density at radius 3 is 2.32 bits per heavy atom. The van der Waals surface area contributed by atoms with Crippen molar-refractivity contribution in [2.45, 2.75) is 76.4 Å². The van der Waals surface area contributed by atoms with Gasteiger partial charge in [0.1, 0.15) is 0 Å². The van der Waals surface area contributed by atoms with Crippen molar-refractivity contribution in [3.8, 4) is 0 Å². The van der Waals surface area contributed by atoms with Crippen molar-refractivity contribution in [2.24, 2.45) is 0 Å². The Balaban J connectivity index is 1.94. The van der Waals surface area contributed by atoms with E-state index in [2.05, 4.69) is 25.1 Å². The van der Waals surface area contributed by atoms with Crippen LogP contribution in [0.4, 0.5) is 0 Å². The van der Waals surface area contributed by atoms with E-state index in [1.807, 2.05) is 12.1 Å². The summed E-state index contributed by atoms with van der Waals surface area (Å²) < 4.78 is 0. The summed E-state index contributed by atoms with van der Waals surface area (Å²) in [6.45, 7) is 2.27. The summed E-state index contributed by atoms with van der Waals surface area (Å²) in [6, 6.07) is 11.4. The van der Waals surface area contributed by atoms with E-state index in [0.717, 1.165) is 0 Å². The van der Waals surface area contributed by atoms with Crippen LogP contribution < -0.4 is 0 Å². The van der Waals surface area contributed by atoms with Gasteiger partial charge in [-0.25, -0.2) is 0 Å². The van der Waals surface area contributed by atoms with E-state index in [4.69, 9.17) is 12.6 Å². The van der Waals surface area contributed by atoms with Gasteiger partial charge in [-0.05, 0) is 37.3 Å². The first-order valence-electron chi connectivity index (χ1n) is 7.96. The van der Waals surface area contributed by atoms with Gasteiger partial charge in [-0.15, -0.1) is 0 Å². The summed E-state index contributed by atoms with van der Waals surface area (Å²) in [6.07, 6.45) is 13.3. The lowest BCUT2D eigenvalue weighted by Gasteiger charge is -2.10. The molecule has 1 unspecified atom stereocenters. The smallest absolute Gasteiger partial charge is 0.00169 e. The Hall–Kier alpha value is -0.430. The summed E-state index contributed by atoms with van der Waals surface area (Å²) in [4.78, 5) is 0. The fourth-order valence-corrected chi connectivity index (χ4v) is 2.80. The number of thiol groups is 1. The van der Waals surface area contributed by atoms with Crippen molar-refractivity contribution >= 4 is 12.6 Å². The number of aryl methyl sites for hydroxylation is 1. The third kappa shape index (κ3) is 9.15. The highest BCUT2D eigenvalue weighted by molar-refractivity contribution is 7.80. The van der Waals surface area contributed by atoms with Crippen LogP contribution in [0.2, 0.25) is 0 Å². The van der Waals surface area contributed by atoms with Crippen LogP contribution in [0.1, 0.15) is 70.3 Å². The molecule has 1 radical (unpaired) electrons. The first-order valence-corrected chi connectivity index (χ1v) is 8.47. The first kappa shape index (κ1) is 16.6. The quantitative estimate of drug-likeness (QED) is 0.380. The number of rotatable bonds is 11. The number of benzene rings is 1. The van der Waals surface area contributed by atoms with Gasteiger partial charge in [-0.2, -0.15) is 12.6 Å². The minimum Gasteiger partial charge on any atom is -0.176 e. The van der Waals surface area contributed by atoms with E-state index in [-0.39, 0.29) is 0 Å². The minimum absolute atomic E-state index is 0.599. The van der Waals surface area contributed by atoms with Gasteiger partial charge in [0, 0.05) is 5.25 Å². The zero-order chi connectivity index (χ0) is 13.8. The molecule has 1 heteroatoms. The standard InChI is InChI=1S/C18H29S/c1-2-3-4-5-6-10-15-18(19)16-11-14-17-12-8-7-9-13-17/h8-9,12-13,18-19H,2-6,10-11,14-16H2,1H3. The lowest BCUT2D eigenvalue weighted by atomic mass is 10.0. The van der Waals surface area contributed by atoms with Crippen molar-refractivity contribution in [2.75, 3.05) is 0 Å². The zero-order valence-corrected chi connectivity index (χ0v) is 13.3. The molecule has 0 heterocycles. The molecular weight excluding hydrogens is 248 g/mol. The lowest BCUT2D eigenvalue weighted by molar-refractivity contribution is 0.565. The maximum absolute atomic E-state index is 4.71. The van der Waals surface area contributed by atoms with Crippen LogP contribution in [0.25, 0.3) is 0 Å². The van der Waals surface area contributed by atoms with E-state index in [1.165, 1.54) is 69.8 Å². The maximum atomic E-state index is 4.71. The molecule has 0 N–H and O–H groups in total. The number of unbranched alkanes of at least 4 members (excludes halogenated alkanes) is 5. The Labute approximate surface area is 125 Å². The van der Waals surface area contributed by atoms with Crippen molar-refractivity contribution in [1.29, 1.82) is 0 Å². The lowest BCUT2D eigenvalue weighted by Crippen LogP contribution is -2.00. The normalized spacial score (nSPS) is 12.5. The molecule has 0 saturated heterocycles. The Morgan fingerprint density at radius 1 is 0.947 bits per heavy atom. The molecule has 1 aromatic carbocycles. The molecule has 1 rings (SSSR count). The molecule has 107 valence electrons. The van der Waals surface area contributed by atoms with Crippen molar-refractivity contribution in [3.05, 3.63) is 35.9 Å². The second-order valence-corrected chi connectivity index (χ2v) is 6.24. The molecule has 0 aliphatic heterocycles. The van der Waals surface area contributed by atoms with Crippen LogP contribution in [-0.2, 0) is 6.42 Å². The summed E-state index contributed by atoms with van der Waals surface area (Å²) in [5.41, 5.74) is 1.43. The SMILES string of the molecule is CCCCCCCCC(S)CCCc1cc[c]cc1. The van der Waals surface area contributed by atoms with E-state index < -0.39 is 0 Å². The van der Waals surface area contributed by atoms with Gasteiger partial charge >= 0.3 is 0 Å². The molecule has 0 amide bonds.